The molecule has 1 atom stereocenters. The van der Waals surface area contributed by atoms with Crippen LogP contribution in [0.4, 0.5) is 0 Å². The first kappa shape index (κ1) is 12.0. The van der Waals surface area contributed by atoms with Crippen molar-refractivity contribution in [1.29, 1.82) is 0 Å². The van der Waals surface area contributed by atoms with E-state index in [0.29, 0.717) is 5.54 Å². The second kappa shape index (κ2) is 5.13. The average molecular weight is 198 g/mol. The summed E-state index contributed by atoms with van der Waals surface area (Å²) < 4.78 is 0. The van der Waals surface area contributed by atoms with Gasteiger partial charge < -0.3 is 5.32 Å². The van der Waals surface area contributed by atoms with Crippen LogP contribution in [0.1, 0.15) is 47.0 Å². The van der Waals surface area contributed by atoms with E-state index >= 15 is 0 Å². The van der Waals surface area contributed by atoms with Gasteiger partial charge in [-0.2, -0.15) is 0 Å². The van der Waals surface area contributed by atoms with Crippen LogP contribution in [-0.2, 0) is 0 Å². The quantitative estimate of drug-likeness (QED) is 0.695. The van der Waals surface area contributed by atoms with Crippen LogP contribution in [-0.4, -0.2) is 36.1 Å². The molecule has 0 amide bonds. The van der Waals surface area contributed by atoms with Crippen molar-refractivity contribution < 1.29 is 0 Å². The number of rotatable bonds is 1. The van der Waals surface area contributed by atoms with Crippen molar-refractivity contribution >= 4 is 0 Å². The molecule has 14 heavy (non-hydrogen) atoms. The lowest BCUT2D eigenvalue weighted by atomic mass is 10.0. The first-order chi connectivity index (χ1) is 6.54. The summed E-state index contributed by atoms with van der Waals surface area (Å²) in [4.78, 5) is 2.62. The highest BCUT2D eigenvalue weighted by Crippen LogP contribution is 2.16. The third-order valence-corrected chi connectivity index (χ3v) is 3.23. The van der Waals surface area contributed by atoms with Gasteiger partial charge in [0.25, 0.3) is 0 Å². The van der Waals surface area contributed by atoms with E-state index in [-0.39, 0.29) is 0 Å². The van der Waals surface area contributed by atoms with Gasteiger partial charge in [0.15, 0.2) is 0 Å². The van der Waals surface area contributed by atoms with Crippen LogP contribution in [0, 0.1) is 0 Å². The first-order valence-corrected chi connectivity index (χ1v) is 6.02. The van der Waals surface area contributed by atoms with E-state index in [1.54, 1.807) is 0 Å². The van der Waals surface area contributed by atoms with Crippen LogP contribution in [0.2, 0.25) is 0 Å². The SMILES string of the molecule is CCC1CCN(C(C)(C)C)CCCN1. The Morgan fingerprint density at radius 3 is 2.57 bits per heavy atom. The van der Waals surface area contributed by atoms with Crippen molar-refractivity contribution in [3.8, 4) is 0 Å². The number of hydrogen-bond acceptors (Lipinski definition) is 2. The predicted molar refractivity (Wildman–Crippen MR) is 62.6 cm³/mol. The van der Waals surface area contributed by atoms with Crippen molar-refractivity contribution in [2.75, 3.05) is 19.6 Å². The average Bonchev–Trinajstić information content (AvgIpc) is 2.01. The lowest BCUT2D eigenvalue weighted by Crippen LogP contribution is -2.47. The molecule has 84 valence electrons. The minimum atomic E-state index is 0.343. The topological polar surface area (TPSA) is 15.3 Å². The number of nitrogens with zero attached hydrogens (tertiary/aromatic N) is 1. The van der Waals surface area contributed by atoms with Crippen molar-refractivity contribution in [2.45, 2.75) is 58.5 Å². The highest BCUT2D eigenvalue weighted by Gasteiger charge is 2.22. The third kappa shape index (κ3) is 3.58. The van der Waals surface area contributed by atoms with Gasteiger partial charge in [-0.15, -0.1) is 0 Å². The monoisotopic (exact) mass is 198 g/mol. The first-order valence-electron chi connectivity index (χ1n) is 6.02. The fraction of sp³-hybridized carbons (Fsp3) is 1.00. The molecule has 2 nitrogen and oxygen atoms in total. The van der Waals surface area contributed by atoms with Gasteiger partial charge >= 0.3 is 0 Å². The standard InChI is InChI=1S/C12H26N2/c1-5-11-7-10-14(12(2,3)4)9-6-8-13-11/h11,13H,5-10H2,1-4H3. The van der Waals surface area contributed by atoms with Gasteiger partial charge in [0.1, 0.15) is 0 Å². The van der Waals surface area contributed by atoms with Crippen molar-refractivity contribution in [2.24, 2.45) is 0 Å². The molecule has 0 saturated carbocycles. The van der Waals surface area contributed by atoms with Gasteiger partial charge in [-0.05, 0) is 53.1 Å². The Morgan fingerprint density at radius 2 is 2.00 bits per heavy atom. The van der Waals surface area contributed by atoms with Crippen LogP contribution >= 0.6 is 0 Å². The molecule has 0 radical (unpaired) electrons. The molecule has 2 heteroatoms. The van der Waals surface area contributed by atoms with Crippen LogP contribution in [0.5, 0.6) is 0 Å². The van der Waals surface area contributed by atoms with Crippen molar-refractivity contribution in [3.63, 3.8) is 0 Å². The Bertz CT molecular complexity index is 160. The zero-order chi connectivity index (χ0) is 10.6. The minimum Gasteiger partial charge on any atom is -0.314 e. The molecule has 0 aromatic heterocycles. The van der Waals surface area contributed by atoms with Crippen LogP contribution in [0.3, 0.4) is 0 Å². The lowest BCUT2D eigenvalue weighted by molar-refractivity contribution is 0.118. The van der Waals surface area contributed by atoms with E-state index in [1.807, 2.05) is 0 Å². The van der Waals surface area contributed by atoms with Gasteiger partial charge in [-0.3, -0.25) is 4.90 Å². The Labute approximate surface area is 89.1 Å². The van der Waals surface area contributed by atoms with E-state index in [0.717, 1.165) is 6.04 Å². The summed E-state index contributed by atoms with van der Waals surface area (Å²) in [5.74, 6) is 0. The Morgan fingerprint density at radius 1 is 1.29 bits per heavy atom. The summed E-state index contributed by atoms with van der Waals surface area (Å²) in [6.07, 6.45) is 3.85. The molecule has 0 aromatic carbocycles. The molecule has 0 bridgehead atoms. The molecule has 1 aliphatic rings. The summed E-state index contributed by atoms with van der Waals surface area (Å²) in [6.45, 7) is 12.9. The molecule has 1 heterocycles. The molecule has 1 rings (SSSR count). The van der Waals surface area contributed by atoms with E-state index in [4.69, 9.17) is 0 Å². The highest BCUT2D eigenvalue weighted by atomic mass is 15.2. The maximum absolute atomic E-state index is 3.62. The summed E-state index contributed by atoms with van der Waals surface area (Å²) in [5.41, 5.74) is 0.343. The Balaban J connectivity index is 2.46. The lowest BCUT2D eigenvalue weighted by Gasteiger charge is -2.38. The molecular weight excluding hydrogens is 172 g/mol. The summed E-state index contributed by atoms with van der Waals surface area (Å²) in [6, 6.07) is 0.736. The van der Waals surface area contributed by atoms with Crippen LogP contribution in [0.15, 0.2) is 0 Å². The minimum absolute atomic E-state index is 0.343. The largest absolute Gasteiger partial charge is 0.314 e. The molecule has 0 aromatic rings. The van der Waals surface area contributed by atoms with E-state index in [1.165, 1.54) is 38.9 Å². The fourth-order valence-electron chi connectivity index (χ4n) is 2.12. The summed E-state index contributed by atoms with van der Waals surface area (Å²) in [5, 5.41) is 3.62. The fourth-order valence-corrected chi connectivity index (χ4v) is 2.12. The second-order valence-electron chi connectivity index (χ2n) is 5.36. The van der Waals surface area contributed by atoms with Gasteiger partial charge in [0, 0.05) is 18.1 Å². The molecule has 1 aliphatic heterocycles. The highest BCUT2D eigenvalue weighted by molar-refractivity contribution is 4.80. The molecule has 1 saturated heterocycles. The maximum atomic E-state index is 3.62. The van der Waals surface area contributed by atoms with E-state index in [9.17, 15) is 0 Å². The van der Waals surface area contributed by atoms with E-state index in [2.05, 4.69) is 37.9 Å². The molecule has 1 unspecified atom stereocenters. The van der Waals surface area contributed by atoms with Crippen molar-refractivity contribution in [3.05, 3.63) is 0 Å². The Kier molecular flexibility index (Phi) is 4.39. The van der Waals surface area contributed by atoms with Gasteiger partial charge in [-0.1, -0.05) is 6.92 Å². The smallest absolute Gasteiger partial charge is 0.0125 e. The zero-order valence-corrected chi connectivity index (χ0v) is 10.3. The molecular formula is C12H26N2. The van der Waals surface area contributed by atoms with Crippen LogP contribution < -0.4 is 5.32 Å². The number of nitrogens with one attached hydrogen (secondary N) is 1. The van der Waals surface area contributed by atoms with Gasteiger partial charge in [0.05, 0.1) is 0 Å². The third-order valence-electron chi connectivity index (χ3n) is 3.23. The zero-order valence-electron chi connectivity index (χ0n) is 10.3. The number of hydrogen-bond donors (Lipinski definition) is 1. The van der Waals surface area contributed by atoms with Gasteiger partial charge in [-0.25, -0.2) is 0 Å². The molecule has 0 aliphatic carbocycles. The normalized spacial score (nSPS) is 27.0. The molecule has 0 spiro atoms. The molecule has 1 N–H and O–H groups in total. The second-order valence-corrected chi connectivity index (χ2v) is 5.36. The maximum Gasteiger partial charge on any atom is 0.0125 e. The summed E-state index contributed by atoms with van der Waals surface area (Å²) in [7, 11) is 0. The molecule has 1 fully saturated rings. The van der Waals surface area contributed by atoms with Crippen LogP contribution in [0.25, 0.3) is 0 Å². The summed E-state index contributed by atoms with van der Waals surface area (Å²) >= 11 is 0. The van der Waals surface area contributed by atoms with E-state index < -0.39 is 0 Å². The van der Waals surface area contributed by atoms with Crippen molar-refractivity contribution in [1.82, 2.24) is 10.2 Å². The predicted octanol–water partition coefficient (Wildman–Crippen LogP) is 2.25. The van der Waals surface area contributed by atoms with Gasteiger partial charge in [0.2, 0.25) is 0 Å². The Hall–Kier alpha value is -0.0800.